The molecule has 3 rings (SSSR count). The lowest BCUT2D eigenvalue weighted by Gasteiger charge is -2.34. The second-order valence-electron chi connectivity index (χ2n) is 6.83. The number of hydrogen-bond donors (Lipinski definition) is 1. The summed E-state index contributed by atoms with van der Waals surface area (Å²) in [4.78, 5) is 29.5. The Morgan fingerprint density at radius 2 is 2.00 bits per heavy atom. The Labute approximate surface area is 156 Å². The summed E-state index contributed by atoms with van der Waals surface area (Å²) >= 11 is 0. The first-order valence-corrected chi connectivity index (χ1v) is 9.02. The van der Waals surface area contributed by atoms with Crippen LogP contribution in [0, 0.1) is 5.92 Å². The summed E-state index contributed by atoms with van der Waals surface area (Å²) in [5.41, 5.74) is 0.920. The number of para-hydroxylation sites is 1. The number of amides is 2. The maximum atomic E-state index is 13.0. The lowest BCUT2D eigenvalue weighted by Crippen LogP contribution is -2.50. The van der Waals surface area contributed by atoms with Gasteiger partial charge in [0.05, 0.1) is 0 Å². The Hall–Kier alpha value is -1.59. The van der Waals surface area contributed by atoms with Gasteiger partial charge in [-0.15, -0.1) is 12.4 Å². The van der Waals surface area contributed by atoms with E-state index in [0.29, 0.717) is 25.6 Å². The predicted molar refractivity (Wildman–Crippen MR) is 102 cm³/mol. The number of nitrogens with one attached hydrogen (secondary N) is 1. The highest BCUT2D eigenvalue weighted by molar-refractivity contribution is 6.01. The lowest BCUT2D eigenvalue weighted by molar-refractivity contribution is -0.142. The summed E-state index contributed by atoms with van der Waals surface area (Å²) in [5.74, 6) is 0.247. The van der Waals surface area contributed by atoms with E-state index in [0.717, 1.165) is 25.1 Å². The summed E-state index contributed by atoms with van der Waals surface area (Å²) < 4.78 is 0. The molecule has 2 aliphatic heterocycles. The molecule has 0 saturated carbocycles. The number of likely N-dealkylation sites (N-methyl/N-ethyl adjacent to an activating group) is 1. The van der Waals surface area contributed by atoms with Crippen molar-refractivity contribution >= 4 is 29.9 Å². The van der Waals surface area contributed by atoms with E-state index < -0.39 is 0 Å². The highest BCUT2D eigenvalue weighted by Crippen LogP contribution is 2.27. The van der Waals surface area contributed by atoms with Gasteiger partial charge in [0, 0.05) is 30.7 Å². The summed E-state index contributed by atoms with van der Waals surface area (Å²) in [7, 11) is 0. The van der Waals surface area contributed by atoms with Crippen molar-refractivity contribution in [2.75, 3.05) is 24.5 Å². The largest absolute Gasteiger partial charge is 0.331 e. The van der Waals surface area contributed by atoms with E-state index in [2.05, 4.69) is 12.2 Å². The van der Waals surface area contributed by atoms with E-state index in [1.54, 1.807) is 0 Å². The Morgan fingerprint density at radius 3 is 2.64 bits per heavy atom. The third-order valence-corrected chi connectivity index (χ3v) is 5.22. The number of hydrogen-bond acceptors (Lipinski definition) is 3. The normalized spacial score (nSPS) is 26.2. The third kappa shape index (κ3) is 4.15. The van der Waals surface area contributed by atoms with Crippen molar-refractivity contribution in [2.45, 2.75) is 45.2 Å². The maximum absolute atomic E-state index is 13.0. The zero-order chi connectivity index (χ0) is 17.1. The molecule has 1 unspecified atom stereocenters. The van der Waals surface area contributed by atoms with Crippen molar-refractivity contribution in [1.82, 2.24) is 10.2 Å². The van der Waals surface area contributed by atoms with Crippen molar-refractivity contribution < 1.29 is 9.59 Å². The van der Waals surface area contributed by atoms with E-state index in [-0.39, 0.29) is 36.2 Å². The SMILES string of the molecule is CCN(C(=O)[C@H]1CCN[C@@H](C)C1)C1CCN(c2ccccc2)C1=O.Cl. The van der Waals surface area contributed by atoms with Gasteiger partial charge in [-0.1, -0.05) is 18.2 Å². The minimum atomic E-state index is -0.312. The molecule has 6 heteroatoms. The Balaban J connectivity index is 0.00000225. The van der Waals surface area contributed by atoms with E-state index in [1.165, 1.54) is 0 Å². The molecule has 2 aliphatic rings. The predicted octanol–water partition coefficient (Wildman–Crippen LogP) is 2.45. The molecule has 138 valence electrons. The van der Waals surface area contributed by atoms with Crippen LogP contribution in [0.1, 0.15) is 33.1 Å². The first-order valence-electron chi connectivity index (χ1n) is 9.02. The van der Waals surface area contributed by atoms with Crippen molar-refractivity contribution in [3.05, 3.63) is 30.3 Å². The summed E-state index contributed by atoms with van der Waals surface area (Å²) in [6.07, 6.45) is 2.44. The second-order valence-corrected chi connectivity index (χ2v) is 6.83. The average Bonchev–Trinajstić information content (AvgIpc) is 2.98. The molecule has 2 fully saturated rings. The quantitative estimate of drug-likeness (QED) is 0.891. The first-order chi connectivity index (χ1) is 11.6. The molecule has 0 bridgehead atoms. The van der Waals surface area contributed by atoms with Gasteiger partial charge < -0.3 is 15.1 Å². The second kappa shape index (κ2) is 8.68. The fourth-order valence-corrected chi connectivity index (χ4v) is 3.94. The highest BCUT2D eigenvalue weighted by Gasteiger charge is 2.40. The summed E-state index contributed by atoms with van der Waals surface area (Å²) in [6.45, 7) is 6.24. The van der Waals surface area contributed by atoms with Crippen LogP contribution in [-0.2, 0) is 9.59 Å². The van der Waals surface area contributed by atoms with Gasteiger partial charge in [0.25, 0.3) is 0 Å². The third-order valence-electron chi connectivity index (χ3n) is 5.22. The van der Waals surface area contributed by atoms with Gasteiger partial charge in [-0.05, 0) is 51.8 Å². The summed E-state index contributed by atoms with van der Waals surface area (Å²) in [6, 6.07) is 9.78. The topological polar surface area (TPSA) is 52.7 Å². The molecule has 2 heterocycles. The van der Waals surface area contributed by atoms with Gasteiger partial charge in [-0.25, -0.2) is 0 Å². The minimum Gasteiger partial charge on any atom is -0.331 e. The zero-order valence-corrected chi connectivity index (χ0v) is 15.8. The van der Waals surface area contributed by atoms with Gasteiger partial charge in [0.1, 0.15) is 6.04 Å². The number of piperidine rings is 1. The van der Waals surface area contributed by atoms with Crippen LogP contribution in [0.3, 0.4) is 0 Å². The van der Waals surface area contributed by atoms with Gasteiger partial charge in [-0.3, -0.25) is 9.59 Å². The van der Waals surface area contributed by atoms with Crippen LogP contribution >= 0.6 is 12.4 Å². The molecule has 0 aromatic heterocycles. The molecule has 25 heavy (non-hydrogen) atoms. The van der Waals surface area contributed by atoms with Crippen molar-refractivity contribution in [3.63, 3.8) is 0 Å². The molecule has 2 amide bonds. The van der Waals surface area contributed by atoms with Gasteiger partial charge in [0.2, 0.25) is 11.8 Å². The summed E-state index contributed by atoms with van der Waals surface area (Å²) in [5, 5.41) is 3.38. The monoisotopic (exact) mass is 365 g/mol. The van der Waals surface area contributed by atoms with Gasteiger partial charge >= 0.3 is 0 Å². The molecule has 0 spiro atoms. The Morgan fingerprint density at radius 1 is 1.28 bits per heavy atom. The molecule has 0 radical (unpaired) electrons. The standard InChI is InChI=1S/C19H27N3O2.ClH/c1-3-21(18(23)15-9-11-20-14(2)13-15)17-10-12-22(19(17)24)16-7-5-4-6-8-16;/h4-8,14-15,17,20H,3,9-13H2,1-2H3;1H/t14-,15-,17?;/m0./s1. The van der Waals surface area contributed by atoms with Crippen LogP contribution < -0.4 is 10.2 Å². The molecule has 5 nitrogen and oxygen atoms in total. The molecule has 1 N–H and O–H groups in total. The van der Waals surface area contributed by atoms with E-state index in [1.807, 2.05) is 47.1 Å². The molecule has 2 saturated heterocycles. The van der Waals surface area contributed by atoms with Crippen LogP contribution in [0.25, 0.3) is 0 Å². The highest BCUT2D eigenvalue weighted by atomic mass is 35.5. The molecule has 1 aromatic carbocycles. The zero-order valence-electron chi connectivity index (χ0n) is 15.0. The molecular formula is C19H28ClN3O2. The van der Waals surface area contributed by atoms with Gasteiger partial charge in [0.15, 0.2) is 0 Å². The van der Waals surface area contributed by atoms with E-state index in [4.69, 9.17) is 0 Å². The van der Waals surface area contributed by atoms with E-state index in [9.17, 15) is 9.59 Å². The fraction of sp³-hybridized carbons (Fsp3) is 0.579. The smallest absolute Gasteiger partial charge is 0.249 e. The van der Waals surface area contributed by atoms with Gasteiger partial charge in [-0.2, -0.15) is 0 Å². The number of halogens is 1. The molecule has 0 aliphatic carbocycles. The maximum Gasteiger partial charge on any atom is 0.249 e. The molecule has 3 atom stereocenters. The number of carbonyl (C=O) groups excluding carboxylic acids is 2. The number of anilines is 1. The molecular weight excluding hydrogens is 338 g/mol. The van der Waals surface area contributed by atoms with Crippen molar-refractivity contribution in [1.29, 1.82) is 0 Å². The van der Waals surface area contributed by atoms with Crippen LogP contribution in [-0.4, -0.2) is 48.4 Å². The average molecular weight is 366 g/mol. The van der Waals surface area contributed by atoms with Crippen LogP contribution in [0.4, 0.5) is 5.69 Å². The van der Waals surface area contributed by atoms with Crippen LogP contribution in [0.2, 0.25) is 0 Å². The fourth-order valence-electron chi connectivity index (χ4n) is 3.94. The lowest BCUT2D eigenvalue weighted by atomic mass is 9.91. The number of benzene rings is 1. The Kier molecular flexibility index (Phi) is 6.85. The number of nitrogens with zero attached hydrogens (tertiary/aromatic N) is 2. The number of carbonyl (C=O) groups is 2. The minimum absolute atomic E-state index is 0. The molecule has 1 aromatic rings. The van der Waals surface area contributed by atoms with Crippen molar-refractivity contribution in [2.24, 2.45) is 5.92 Å². The van der Waals surface area contributed by atoms with Crippen LogP contribution in [0.5, 0.6) is 0 Å². The van der Waals surface area contributed by atoms with E-state index >= 15 is 0 Å². The first kappa shape index (κ1) is 19.7. The number of rotatable bonds is 4. The van der Waals surface area contributed by atoms with Crippen LogP contribution in [0.15, 0.2) is 30.3 Å². The Bertz CT molecular complexity index is 596. The van der Waals surface area contributed by atoms with Crippen molar-refractivity contribution in [3.8, 4) is 0 Å².